The summed E-state index contributed by atoms with van der Waals surface area (Å²) < 4.78 is 13.0. The van der Waals surface area contributed by atoms with Crippen LogP contribution in [0.4, 0.5) is 20.6 Å². The van der Waals surface area contributed by atoms with Crippen molar-refractivity contribution in [3.05, 3.63) is 64.8 Å². The molecule has 6 heteroatoms. The molecule has 0 N–H and O–H groups in total. The minimum Gasteiger partial charge on any atom is -0.378 e. The molecule has 0 spiro atoms. The van der Waals surface area contributed by atoms with E-state index in [0.29, 0.717) is 10.6 Å². The van der Waals surface area contributed by atoms with E-state index in [9.17, 15) is 14.0 Å². The number of hydrogen-bond acceptors (Lipinski definition) is 4. The second-order valence-corrected chi connectivity index (χ2v) is 6.47. The van der Waals surface area contributed by atoms with Gasteiger partial charge in [-0.3, -0.25) is 9.59 Å². The smallest absolute Gasteiger partial charge is 0.298 e. The summed E-state index contributed by atoms with van der Waals surface area (Å²) >= 11 is 0.881. The van der Waals surface area contributed by atoms with Crippen molar-refractivity contribution in [1.82, 2.24) is 0 Å². The van der Waals surface area contributed by atoms with Crippen molar-refractivity contribution in [2.75, 3.05) is 23.9 Å². The first-order valence-corrected chi connectivity index (χ1v) is 8.08. The molecule has 2 aromatic carbocycles. The molecule has 2 amide bonds. The van der Waals surface area contributed by atoms with E-state index in [4.69, 9.17) is 0 Å². The Kier molecular flexibility index (Phi) is 4.40. The zero-order chi connectivity index (χ0) is 17.3. The van der Waals surface area contributed by atoms with Gasteiger partial charge >= 0.3 is 0 Å². The van der Waals surface area contributed by atoms with Crippen LogP contribution in [0.2, 0.25) is 0 Å². The maximum atomic E-state index is 13.0. The zero-order valence-electron chi connectivity index (χ0n) is 13.2. The number of rotatable bonds is 3. The van der Waals surface area contributed by atoms with Crippen molar-refractivity contribution in [3.8, 4) is 0 Å². The Labute approximate surface area is 143 Å². The second kappa shape index (κ2) is 6.49. The third kappa shape index (κ3) is 3.19. The predicted molar refractivity (Wildman–Crippen MR) is 95.6 cm³/mol. The maximum absolute atomic E-state index is 13.0. The number of carbonyl (C=O) groups is 2. The molecule has 2 aromatic rings. The van der Waals surface area contributed by atoms with E-state index in [0.717, 1.165) is 27.9 Å². The van der Waals surface area contributed by atoms with E-state index < -0.39 is 11.7 Å². The minimum absolute atomic E-state index is 0.349. The summed E-state index contributed by atoms with van der Waals surface area (Å²) in [6.07, 6.45) is 1.69. The Hall–Kier alpha value is -2.60. The number of amides is 2. The molecule has 24 heavy (non-hydrogen) atoms. The molecule has 1 fully saturated rings. The number of anilines is 2. The Morgan fingerprint density at radius 1 is 1.00 bits per heavy atom. The van der Waals surface area contributed by atoms with Gasteiger partial charge in [0.25, 0.3) is 11.1 Å². The molecular weight excluding hydrogens is 327 g/mol. The third-order valence-electron chi connectivity index (χ3n) is 3.59. The van der Waals surface area contributed by atoms with E-state index in [1.807, 2.05) is 43.3 Å². The van der Waals surface area contributed by atoms with Crippen molar-refractivity contribution >= 4 is 40.4 Å². The fourth-order valence-electron chi connectivity index (χ4n) is 2.30. The van der Waals surface area contributed by atoms with Crippen molar-refractivity contribution in [3.63, 3.8) is 0 Å². The van der Waals surface area contributed by atoms with Gasteiger partial charge in [0.1, 0.15) is 5.82 Å². The van der Waals surface area contributed by atoms with Crippen LogP contribution in [0.5, 0.6) is 0 Å². The number of nitrogens with zero attached hydrogens (tertiary/aromatic N) is 2. The van der Waals surface area contributed by atoms with Crippen LogP contribution in [0.1, 0.15) is 5.56 Å². The van der Waals surface area contributed by atoms with Gasteiger partial charge in [-0.25, -0.2) is 9.29 Å². The van der Waals surface area contributed by atoms with Crippen LogP contribution >= 0.6 is 11.8 Å². The van der Waals surface area contributed by atoms with Crippen molar-refractivity contribution in [2.45, 2.75) is 0 Å². The fourth-order valence-corrected chi connectivity index (χ4v) is 3.14. The van der Waals surface area contributed by atoms with Crippen LogP contribution in [0.15, 0.2) is 53.4 Å². The first-order chi connectivity index (χ1) is 11.5. The van der Waals surface area contributed by atoms with Crippen molar-refractivity contribution < 1.29 is 14.0 Å². The second-order valence-electron chi connectivity index (χ2n) is 5.48. The quantitative estimate of drug-likeness (QED) is 0.787. The van der Waals surface area contributed by atoms with Gasteiger partial charge < -0.3 is 4.90 Å². The molecule has 1 aliphatic rings. The van der Waals surface area contributed by atoms with E-state index in [1.165, 1.54) is 24.3 Å². The summed E-state index contributed by atoms with van der Waals surface area (Å²) in [4.78, 5) is 28.0. The normalized spacial score (nSPS) is 16.1. The predicted octanol–water partition coefficient (Wildman–Crippen LogP) is 4.13. The lowest BCUT2D eigenvalue weighted by atomic mass is 10.2. The van der Waals surface area contributed by atoms with E-state index in [1.54, 1.807) is 6.08 Å². The molecule has 4 nitrogen and oxygen atoms in total. The average Bonchev–Trinajstić information content (AvgIpc) is 2.83. The first kappa shape index (κ1) is 16.3. The molecule has 0 atom stereocenters. The SMILES string of the molecule is CN(C)c1ccc(C=C2SC(=O)N(c3ccc(F)cc3)C2=O)cc1. The number of halogens is 1. The van der Waals surface area contributed by atoms with Crippen LogP contribution in [0.3, 0.4) is 0 Å². The topological polar surface area (TPSA) is 40.6 Å². The van der Waals surface area contributed by atoms with Crippen molar-refractivity contribution in [2.24, 2.45) is 0 Å². The average molecular weight is 342 g/mol. The monoisotopic (exact) mass is 342 g/mol. The number of thioether (sulfide) groups is 1. The summed E-state index contributed by atoms with van der Waals surface area (Å²) in [6.45, 7) is 0. The highest BCUT2D eigenvalue weighted by atomic mass is 32.2. The molecule has 0 aromatic heterocycles. The van der Waals surface area contributed by atoms with E-state index in [2.05, 4.69) is 0 Å². The van der Waals surface area contributed by atoms with Gasteiger partial charge in [-0.2, -0.15) is 0 Å². The highest BCUT2D eigenvalue weighted by Crippen LogP contribution is 2.35. The van der Waals surface area contributed by atoms with Gasteiger partial charge in [-0.15, -0.1) is 0 Å². The molecule has 0 saturated carbocycles. The van der Waals surface area contributed by atoms with Gasteiger partial charge in [0.05, 0.1) is 10.6 Å². The van der Waals surface area contributed by atoms with Crippen LogP contribution in [-0.2, 0) is 4.79 Å². The molecule has 0 unspecified atom stereocenters. The lowest BCUT2D eigenvalue weighted by Crippen LogP contribution is -2.27. The first-order valence-electron chi connectivity index (χ1n) is 7.26. The van der Waals surface area contributed by atoms with E-state index in [-0.39, 0.29) is 5.24 Å². The summed E-state index contributed by atoms with van der Waals surface area (Å²) in [7, 11) is 3.89. The number of imide groups is 1. The lowest BCUT2D eigenvalue weighted by molar-refractivity contribution is -0.113. The number of benzene rings is 2. The number of carbonyl (C=O) groups excluding carboxylic acids is 2. The van der Waals surface area contributed by atoms with Crippen LogP contribution in [0, 0.1) is 5.82 Å². The Balaban J connectivity index is 1.86. The van der Waals surface area contributed by atoms with Crippen LogP contribution < -0.4 is 9.80 Å². The van der Waals surface area contributed by atoms with Gasteiger partial charge in [-0.1, -0.05) is 12.1 Å². The molecular formula is C18H15FN2O2S. The summed E-state index contributed by atoms with van der Waals surface area (Å²) in [5.74, 6) is -0.810. The molecule has 0 aliphatic carbocycles. The minimum atomic E-state index is -0.415. The largest absolute Gasteiger partial charge is 0.378 e. The zero-order valence-corrected chi connectivity index (χ0v) is 14.0. The lowest BCUT2D eigenvalue weighted by Gasteiger charge is -2.12. The Bertz CT molecular complexity index is 814. The molecule has 1 saturated heterocycles. The highest BCUT2D eigenvalue weighted by Gasteiger charge is 2.36. The standard InChI is InChI=1S/C18H15FN2O2S/c1-20(2)14-7-3-12(4-8-14)11-16-17(22)21(18(23)24-16)15-9-5-13(19)6-10-15/h3-11H,1-2H3. The highest BCUT2D eigenvalue weighted by molar-refractivity contribution is 8.19. The van der Waals surface area contributed by atoms with Crippen molar-refractivity contribution in [1.29, 1.82) is 0 Å². The van der Waals surface area contributed by atoms with Gasteiger partial charge in [0, 0.05) is 19.8 Å². The number of hydrogen-bond donors (Lipinski definition) is 0. The summed E-state index contributed by atoms with van der Waals surface area (Å²) in [5.41, 5.74) is 2.25. The molecule has 122 valence electrons. The molecule has 3 rings (SSSR count). The molecule has 1 heterocycles. The Morgan fingerprint density at radius 3 is 2.21 bits per heavy atom. The fraction of sp³-hybridized carbons (Fsp3) is 0.111. The van der Waals surface area contributed by atoms with E-state index >= 15 is 0 Å². The maximum Gasteiger partial charge on any atom is 0.298 e. The Morgan fingerprint density at radius 2 is 1.62 bits per heavy atom. The molecule has 0 bridgehead atoms. The summed E-state index contributed by atoms with van der Waals surface area (Å²) in [6, 6.07) is 12.9. The summed E-state index contributed by atoms with van der Waals surface area (Å²) in [5, 5.41) is -0.386. The van der Waals surface area contributed by atoms with Gasteiger partial charge in [0.15, 0.2) is 0 Å². The molecule has 1 aliphatic heterocycles. The van der Waals surface area contributed by atoms with Gasteiger partial charge in [-0.05, 0) is 59.8 Å². The molecule has 0 radical (unpaired) electrons. The van der Waals surface area contributed by atoms with Crippen LogP contribution in [-0.4, -0.2) is 25.2 Å². The van der Waals surface area contributed by atoms with Gasteiger partial charge in [0.2, 0.25) is 0 Å². The third-order valence-corrected chi connectivity index (χ3v) is 4.46. The van der Waals surface area contributed by atoms with Crippen LogP contribution in [0.25, 0.3) is 6.08 Å².